The first-order valence-electron chi connectivity index (χ1n) is 8.24. The Kier molecular flexibility index (Phi) is 5.73. The topological polar surface area (TPSA) is 42.0 Å². The summed E-state index contributed by atoms with van der Waals surface area (Å²) in [6.07, 6.45) is 1.04. The predicted octanol–water partition coefficient (Wildman–Crippen LogP) is 4.29. The van der Waals surface area contributed by atoms with Crippen molar-refractivity contribution in [1.82, 2.24) is 10.3 Å². The van der Waals surface area contributed by atoms with Crippen molar-refractivity contribution in [3.05, 3.63) is 86.9 Å². The summed E-state index contributed by atoms with van der Waals surface area (Å²) < 4.78 is 26.4. The van der Waals surface area contributed by atoms with Gasteiger partial charge in [-0.25, -0.2) is 13.8 Å². The number of aryl methyl sites for hydroxylation is 1. The molecule has 3 aromatic rings. The van der Waals surface area contributed by atoms with Gasteiger partial charge < -0.3 is 5.32 Å². The van der Waals surface area contributed by atoms with E-state index in [9.17, 15) is 13.6 Å². The first kappa shape index (κ1) is 18.2. The Bertz CT molecular complexity index is 889. The fourth-order valence-corrected chi connectivity index (χ4v) is 3.68. The summed E-state index contributed by atoms with van der Waals surface area (Å²) in [6, 6.07) is 13.3. The maximum Gasteiger partial charge on any atom is 0.263 e. The molecule has 0 bridgehead atoms. The third kappa shape index (κ3) is 4.73. The van der Waals surface area contributed by atoms with Crippen LogP contribution in [0.5, 0.6) is 0 Å². The lowest BCUT2D eigenvalue weighted by atomic mass is 10.1. The SMILES string of the molecule is Cc1nc(Cc2ccccc2)sc1C(=O)NCCc1cc(F)cc(F)c1. The number of rotatable bonds is 6. The number of aromatic nitrogens is 1. The van der Waals surface area contributed by atoms with Gasteiger partial charge in [-0.3, -0.25) is 4.79 Å². The molecule has 1 amide bonds. The van der Waals surface area contributed by atoms with Crippen LogP contribution in [-0.2, 0) is 12.8 Å². The van der Waals surface area contributed by atoms with Gasteiger partial charge in [-0.15, -0.1) is 11.3 Å². The van der Waals surface area contributed by atoms with Gasteiger partial charge in [-0.2, -0.15) is 0 Å². The van der Waals surface area contributed by atoms with Gasteiger partial charge >= 0.3 is 0 Å². The number of amides is 1. The molecule has 0 aliphatic rings. The molecule has 0 aliphatic heterocycles. The Balaban J connectivity index is 1.59. The molecular formula is C20H18F2N2OS. The van der Waals surface area contributed by atoms with Crippen LogP contribution in [0.25, 0.3) is 0 Å². The third-order valence-corrected chi connectivity index (χ3v) is 5.02. The largest absolute Gasteiger partial charge is 0.351 e. The fraction of sp³-hybridized carbons (Fsp3) is 0.200. The number of thiazole rings is 1. The molecule has 2 aromatic carbocycles. The molecule has 1 heterocycles. The van der Waals surface area contributed by atoms with Gasteiger partial charge in [-0.05, 0) is 36.6 Å². The van der Waals surface area contributed by atoms with Crippen LogP contribution < -0.4 is 5.32 Å². The highest BCUT2D eigenvalue weighted by atomic mass is 32.1. The normalized spacial score (nSPS) is 10.7. The first-order chi connectivity index (χ1) is 12.5. The lowest BCUT2D eigenvalue weighted by Gasteiger charge is -2.05. The Morgan fingerprint density at radius 1 is 1.08 bits per heavy atom. The van der Waals surface area contributed by atoms with E-state index in [4.69, 9.17) is 0 Å². The van der Waals surface area contributed by atoms with Crippen molar-refractivity contribution >= 4 is 17.2 Å². The monoisotopic (exact) mass is 372 g/mol. The molecule has 0 aliphatic carbocycles. The van der Waals surface area contributed by atoms with Crippen molar-refractivity contribution in [2.24, 2.45) is 0 Å². The number of carbonyl (C=O) groups is 1. The van der Waals surface area contributed by atoms with E-state index in [1.807, 2.05) is 37.3 Å². The highest BCUT2D eigenvalue weighted by Gasteiger charge is 2.15. The smallest absolute Gasteiger partial charge is 0.263 e. The minimum atomic E-state index is -0.616. The summed E-state index contributed by atoms with van der Waals surface area (Å²) in [4.78, 5) is 17.4. The fourth-order valence-electron chi connectivity index (χ4n) is 2.66. The van der Waals surface area contributed by atoms with Crippen LogP contribution in [0.1, 0.15) is 31.5 Å². The molecule has 1 aromatic heterocycles. The summed E-state index contributed by atoms with van der Waals surface area (Å²) in [6.45, 7) is 2.11. The lowest BCUT2D eigenvalue weighted by molar-refractivity contribution is 0.0957. The average molecular weight is 372 g/mol. The quantitative estimate of drug-likeness (QED) is 0.701. The molecule has 0 radical (unpaired) electrons. The number of carbonyl (C=O) groups excluding carboxylic acids is 1. The zero-order valence-corrected chi connectivity index (χ0v) is 15.1. The zero-order chi connectivity index (χ0) is 18.5. The van der Waals surface area contributed by atoms with E-state index >= 15 is 0 Å². The maximum absolute atomic E-state index is 13.2. The van der Waals surface area contributed by atoms with Gasteiger partial charge in [0.1, 0.15) is 16.5 Å². The molecular weight excluding hydrogens is 354 g/mol. The van der Waals surface area contributed by atoms with Gasteiger partial charge in [0.15, 0.2) is 0 Å². The van der Waals surface area contributed by atoms with Crippen LogP contribution in [0.3, 0.4) is 0 Å². The van der Waals surface area contributed by atoms with E-state index in [1.54, 1.807) is 0 Å². The summed E-state index contributed by atoms with van der Waals surface area (Å²) in [5.41, 5.74) is 2.34. The van der Waals surface area contributed by atoms with Crippen LogP contribution in [0, 0.1) is 18.6 Å². The van der Waals surface area contributed by atoms with Crippen LogP contribution in [-0.4, -0.2) is 17.4 Å². The van der Waals surface area contributed by atoms with Crippen molar-refractivity contribution in [3.8, 4) is 0 Å². The molecule has 134 valence electrons. The first-order valence-corrected chi connectivity index (χ1v) is 9.06. The highest BCUT2D eigenvalue weighted by molar-refractivity contribution is 7.13. The van der Waals surface area contributed by atoms with Gasteiger partial charge in [-0.1, -0.05) is 30.3 Å². The Hall–Kier alpha value is -2.60. The molecule has 0 fully saturated rings. The summed E-state index contributed by atoms with van der Waals surface area (Å²) >= 11 is 1.37. The molecule has 0 unspecified atom stereocenters. The number of hydrogen-bond acceptors (Lipinski definition) is 3. The van der Waals surface area contributed by atoms with Crippen LogP contribution in [0.4, 0.5) is 8.78 Å². The highest BCUT2D eigenvalue weighted by Crippen LogP contribution is 2.21. The zero-order valence-electron chi connectivity index (χ0n) is 14.3. The van der Waals surface area contributed by atoms with Crippen molar-refractivity contribution < 1.29 is 13.6 Å². The van der Waals surface area contributed by atoms with E-state index in [0.717, 1.165) is 16.6 Å². The van der Waals surface area contributed by atoms with E-state index in [0.29, 0.717) is 35.5 Å². The minimum Gasteiger partial charge on any atom is -0.351 e. The van der Waals surface area contributed by atoms with E-state index in [2.05, 4.69) is 10.3 Å². The maximum atomic E-state index is 13.2. The van der Waals surface area contributed by atoms with Gasteiger partial charge in [0.2, 0.25) is 0 Å². The summed E-state index contributed by atoms with van der Waals surface area (Å²) in [5.74, 6) is -1.44. The summed E-state index contributed by atoms with van der Waals surface area (Å²) in [5, 5.41) is 3.67. The molecule has 3 rings (SSSR count). The van der Waals surface area contributed by atoms with E-state index < -0.39 is 11.6 Å². The molecule has 0 spiro atoms. The molecule has 0 saturated carbocycles. The number of nitrogens with zero attached hydrogens (tertiary/aromatic N) is 1. The number of benzene rings is 2. The number of nitrogens with one attached hydrogen (secondary N) is 1. The Labute approximate surface area is 154 Å². The minimum absolute atomic E-state index is 0.212. The molecule has 1 N–H and O–H groups in total. The standard InChI is InChI=1S/C20H18F2N2OS/c1-13-19(26-18(24-13)11-14-5-3-2-4-6-14)20(25)23-8-7-15-9-16(21)12-17(22)10-15/h2-6,9-10,12H,7-8,11H2,1H3,(H,23,25). The molecule has 26 heavy (non-hydrogen) atoms. The van der Waals surface area contributed by atoms with Crippen LogP contribution in [0.15, 0.2) is 48.5 Å². The van der Waals surface area contributed by atoms with Crippen LogP contribution >= 0.6 is 11.3 Å². The van der Waals surface area contributed by atoms with E-state index in [-0.39, 0.29) is 5.91 Å². The second kappa shape index (κ2) is 8.19. The molecule has 6 heteroatoms. The van der Waals surface area contributed by atoms with Crippen LogP contribution in [0.2, 0.25) is 0 Å². The Morgan fingerprint density at radius 2 is 1.77 bits per heavy atom. The van der Waals surface area contributed by atoms with Crippen molar-refractivity contribution in [3.63, 3.8) is 0 Å². The molecule has 3 nitrogen and oxygen atoms in total. The van der Waals surface area contributed by atoms with E-state index in [1.165, 1.54) is 23.5 Å². The lowest BCUT2D eigenvalue weighted by Crippen LogP contribution is -2.25. The number of halogens is 2. The average Bonchev–Trinajstić information content (AvgIpc) is 2.95. The Morgan fingerprint density at radius 3 is 2.46 bits per heavy atom. The molecule has 0 saturated heterocycles. The predicted molar refractivity (Wildman–Crippen MR) is 98.5 cm³/mol. The molecule has 0 atom stereocenters. The van der Waals surface area contributed by atoms with Crippen molar-refractivity contribution in [1.29, 1.82) is 0 Å². The summed E-state index contributed by atoms with van der Waals surface area (Å²) in [7, 11) is 0. The van der Waals surface area contributed by atoms with Gasteiger partial charge in [0.25, 0.3) is 5.91 Å². The second-order valence-electron chi connectivity index (χ2n) is 5.97. The van der Waals surface area contributed by atoms with Gasteiger partial charge in [0, 0.05) is 19.0 Å². The van der Waals surface area contributed by atoms with Gasteiger partial charge in [0.05, 0.1) is 10.7 Å². The third-order valence-electron chi connectivity index (χ3n) is 3.87. The van der Waals surface area contributed by atoms with Crippen molar-refractivity contribution in [2.75, 3.05) is 6.54 Å². The van der Waals surface area contributed by atoms with Crippen molar-refractivity contribution in [2.45, 2.75) is 19.8 Å². The second-order valence-corrected chi connectivity index (χ2v) is 7.05. The number of hydrogen-bond donors (Lipinski definition) is 1.